The van der Waals surface area contributed by atoms with Gasteiger partial charge in [-0.25, -0.2) is 9.59 Å². The number of benzene rings is 10. The largest absolute Gasteiger partial charge is 0.0622 e. The van der Waals surface area contributed by atoms with Crippen LogP contribution in [0.25, 0.3) is 21.5 Å². The van der Waals surface area contributed by atoms with Gasteiger partial charge in [-0.3, -0.25) is 0 Å². The van der Waals surface area contributed by atoms with Crippen molar-refractivity contribution >= 4 is 139 Å². The SMILES string of the molecule is C#C[C@H]1CC1CO.ClCl.O=C(O)c1ccc2cc(Br)ccc2c1.O=C(O)c1ccc2cc(C#CC3C[C@@H]3CO)ccc2c1.[Cu][I].[Pd].c1ccc(P(c2ccccc2)c2ccccc2)cc1.c1ccc(P(c2ccccc2)c2ccccc2)cc1. The topological polar surface area (TPSA) is 115 Å². The van der Waals surface area contributed by atoms with E-state index in [9.17, 15) is 9.59 Å². The van der Waals surface area contributed by atoms with E-state index in [4.69, 9.17) is 26.8 Å². The van der Waals surface area contributed by atoms with E-state index in [0.29, 0.717) is 34.8 Å². The molecule has 12 rings (SSSR count). The third-order valence-corrected chi connectivity index (χ3v) is 18.5. The Balaban J connectivity index is 0.000000194. The molecule has 14 heteroatoms. The Kier molecular flexibility index (Phi) is 31.2. The number of aliphatic hydroxyl groups excluding tert-OH is 2. The van der Waals surface area contributed by atoms with E-state index >= 15 is 0 Å². The fourth-order valence-electron chi connectivity index (χ4n) is 8.62. The van der Waals surface area contributed by atoms with E-state index in [1.807, 2.05) is 42.5 Å². The second kappa shape index (κ2) is 37.9. The molecule has 0 amide bonds. The van der Waals surface area contributed by atoms with Crippen molar-refractivity contribution in [3.63, 3.8) is 0 Å². The Bertz CT molecular complexity index is 3390. The Labute approximate surface area is 546 Å². The Morgan fingerprint density at radius 2 is 0.774 bits per heavy atom. The molecule has 0 radical (unpaired) electrons. The van der Waals surface area contributed by atoms with Crippen LogP contribution in [0.3, 0.4) is 0 Å². The summed E-state index contributed by atoms with van der Waals surface area (Å²) in [6, 6.07) is 86.3. The standard InChI is InChI=1S/2C18H15P.C17H14O3.C11H7BrO2.C6H8O.Cl2.Cu.HI.Pd/c2*1-4-10-16(11-5-1)19(17-12-6-2-7-13-17)18-14-8-3-9-15-18;18-10-16-9-14(16)4-2-11-1-3-13-8-15(17(19)20)6-5-12(13)7-11;12-10-4-3-7-5-9(11(13)14)2-1-8(7)6-10;1-2-5-3-6(5)4-7;1-2;;;/h2*1-15H;1,3,5-8,14,16,18H,9-10H2,(H,19,20);1-6H,(H,13,14);1,5-7H,3-4H2;;;1H;/q;;;;;;+1;;/p-1/t;;14?,16-;;5-,6?;;;;/m..1.0..../s1. The molecule has 2 unspecified atom stereocenters. The molecule has 4 atom stereocenters. The number of carbonyl (C=O) groups is 2. The summed E-state index contributed by atoms with van der Waals surface area (Å²) in [7, 11) is 7.33. The fourth-order valence-corrected chi connectivity index (χ4v) is 13.6. The van der Waals surface area contributed by atoms with Crippen LogP contribution in [0.2, 0.25) is 0 Å². The molecule has 2 saturated carbocycles. The molecule has 0 bridgehead atoms. The maximum atomic E-state index is 10.9. The number of aliphatic hydroxyl groups is 2. The number of carboxylic acids is 2. The summed E-state index contributed by atoms with van der Waals surface area (Å²) in [5.41, 5.74) is 1.53. The van der Waals surface area contributed by atoms with Crippen LogP contribution in [0.4, 0.5) is 0 Å². The van der Waals surface area contributed by atoms with E-state index in [1.165, 1.54) is 31.8 Å². The third kappa shape index (κ3) is 21.8. The average molecular weight is 1510 g/mol. The second-order valence-electron chi connectivity index (χ2n) is 18.8. The Hall–Kier alpha value is -5.47. The van der Waals surface area contributed by atoms with Gasteiger partial charge in [-0.1, -0.05) is 234 Å². The normalized spacial score (nSPS) is 14.6. The van der Waals surface area contributed by atoms with E-state index in [-0.39, 0.29) is 33.6 Å². The van der Waals surface area contributed by atoms with Crippen LogP contribution < -0.4 is 31.8 Å². The minimum atomic E-state index is -0.917. The molecule has 4 N–H and O–H groups in total. The number of hydrogen-bond donors (Lipinski definition) is 4. The first kappa shape index (κ1) is 69.3. The van der Waals surface area contributed by atoms with Crippen molar-refractivity contribution in [2.45, 2.75) is 12.8 Å². The fraction of sp³-hybridized carbons (Fsp3) is 0.114. The van der Waals surface area contributed by atoms with Crippen LogP contribution in [0.15, 0.2) is 259 Å². The minimum absolute atomic E-state index is 0. The summed E-state index contributed by atoms with van der Waals surface area (Å²) in [5.74, 6) is 8.56. The smallest absolute Gasteiger partial charge is 0 e. The van der Waals surface area contributed by atoms with Gasteiger partial charge >= 0.3 is 45.0 Å². The number of aromatic carboxylic acids is 2. The quantitative estimate of drug-likeness (QED) is 0.0469. The number of terminal acetylenes is 1. The van der Waals surface area contributed by atoms with Gasteiger partial charge in [0, 0.05) is 77.2 Å². The van der Waals surface area contributed by atoms with Crippen molar-refractivity contribution in [3.8, 4) is 24.2 Å². The molecule has 0 spiro atoms. The van der Waals surface area contributed by atoms with Crippen molar-refractivity contribution in [2.24, 2.45) is 23.7 Å². The average Bonchev–Trinajstić information content (AvgIpc) is 4.64. The summed E-state index contributed by atoms with van der Waals surface area (Å²) >= 11 is 9.23. The molecule has 0 aromatic heterocycles. The Morgan fingerprint density at radius 3 is 1.07 bits per heavy atom. The molecule has 10 aromatic carbocycles. The van der Waals surface area contributed by atoms with E-state index < -0.39 is 27.8 Å². The number of hydrogen-bond acceptors (Lipinski definition) is 4. The van der Waals surface area contributed by atoms with Gasteiger partial charge < -0.3 is 20.4 Å². The first-order valence-corrected chi connectivity index (χ1v) is 33.8. The van der Waals surface area contributed by atoms with Gasteiger partial charge in [-0.05, 0) is 142 Å². The molecule has 10 aromatic rings. The van der Waals surface area contributed by atoms with Gasteiger partial charge in [0.05, 0.1) is 11.1 Å². The maximum Gasteiger partial charge on any atom is 0 e. The number of rotatable bonds is 10. The zero-order valence-electron chi connectivity index (χ0n) is 45.1. The molecule has 0 heterocycles. The molecule has 6 nitrogen and oxygen atoms in total. The molecule has 0 aliphatic heterocycles. The first-order valence-electron chi connectivity index (χ1n) is 26.2. The monoisotopic (exact) mass is 1500 g/mol. The van der Waals surface area contributed by atoms with E-state index in [1.54, 1.807) is 50.7 Å². The van der Waals surface area contributed by atoms with Gasteiger partial charge in [0.15, 0.2) is 0 Å². The summed E-state index contributed by atoms with van der Waals surface area (Å²) < 4.78 is 0.994. The molecule has 434 valence electrons. The number of halogens is 4. The predicted molar refractivity (Wildman–Crippen MR) is 359 cm³/mol. The summed E-state index contributed by atoms with van der Waals surface area (Å²) in [6.07, 6.45) is 7.06. The molecular formula is C70H59BrCl2CuIO6P2Pd. The summed E-state index contributed by atoms with van der Waals surface area (Å²) in [6.45, 7) is 0.490. The molecule has 84 heavy (non-hydrogen) atoms. The van der Waals surface area contributed by atoms with Crippen molar-refractivity contribution < 1.29 is 63.2 Å². The number of fused-ring (bicyclic) bond motifs is 2. The third-order valence-electron chi connectivity index (χ3n) is 13.2. The molecule has 2 aliphatic carbocycles. The molecule has 2 fully saturated rings. The first-order chi connectivity index (χ1) is 40.6. The van der Waals surface area contributed by atoms with Gasteiger partial charge in [0.25, 0.3) is 0 Å². The Morgan fingerprint density at radius 1 is 0.476 bits per heavy atom. The molecule has 0 saturated heterocycles. The van der Waals surface area contributed by atoms with Crippen molar-refractivity contribution in [2.75, 3.05) is 13.2 Å². The zero-order valence-corrected chi connectivity index (χ0v) is 54.6. The van der Waals surface area contributed by atoms with Crippen molar-refractivity contribution in [1.82, 2.24) is 0 Å². The van der Waals surface area contributed by atoms with Crippen LogP contribution in [-0.4, -0.2) is 45.6 Å². The van der Waals surface area contributed by atoms with Crippen molar-refractivity contribution in [1.29, 1.82) is 0 Å². The molecular weight excluding hydrogens is 1450 g/mol. The minimum Gasteiger partial charge on any atom is -0.0622 e. The number of carboxylic acid groups (broad SMARTS) is 2. The van der Waals surface area contributed by atoms with Gasteiger partial charge in [-0.15, -0.1) is 12.3 Å². The van der Waals surface area contributed by atoms with Gasteiger partial charge in [-0.2, -0.15) is 0 Å². The predicted octanol–water partition coefficient (Wildman–Crippen LogP) is 15.2. The zero-order chi connectivity index (χ0) is 59.3. The second-order valence-corrected chi connectivity index (χ2v) is 24.1. The van der Waals surface area contributed by atoms with Crippen LogP contribution in [-0.2, 0) is 33.2 Å². The van der Waals surface area contributed by atoms with E-state index in [2.05, 4.69) is 250 Å². The van der Waals surface area contributed by atoms with Crippen LogP contribution in [0, 0.1) is 47.9 Å². The van der Waals surface area contributed by atoms with Crippen molar-refractivity contribution in [3.05, 3.63) is 276 Å². The van der Waals surface area contributed by atoms with Crippen LogP contribution in [0.1, 0.15) is 39.1 Å². The van der Waals surface area contributed by atoms with Gasteiger partial charge in [0.1, 0.15) is 0 Å². The maximum absolute atomic E-state index is 10.9. The van der Waals surface area contributed by atoms with Crippen LogP contribution in [0.5, 0.6) is 0 Å². The summed E-state index contributed by atoms with van der Waals surface area (Å²) in [4.78, 5) is 21.6. The van der Waals surface area contributed by atoms with E-state index in [0.717, 1.165) is 44.4 Å². The molecule has 2 aliphatic rings. The summed E-state index contributed by atoms with van der Waals surface area (Å²) in [5, 5.41) is 47.4. The van der Waals surface area contributed by atoms with Gasteiger partial charge in [0.2, 0.25) is 0 Å². The van der Waals surface area contributed by atoms with Crippen LogP contribution >= 0.6 is 73.8 Å².